The van der Waals surface area contributed by atoms with Crippen molar-refractivity contribution in [2.75, 3.05) is 32.5 Å². The van der Waals surface area contributed by atoms with Crippen LogP contribution in [0.2, 0.25) is 0 Å². The number of sulfonamides is 1. The average molecular weight is 332 g/mol. The maximum atomic E-state index is 12.0. The van der Waals surface area contributed by atoms with Crippen molar-refractivity contribution in [2.24, 2.45) is 0 Å². The molecule has 6 nitrogen and oxygen atoms in total. The molecule has 0 unspecified atom stereocenters. The largest absolute Gasteiger partial charge is 0.379 e. The van der Waals surface area contributed by atoms with Gasteiger partial charge in [-0.1, -0.05) is 0 Å². The molecule has 1 aliphatic rings. The lowest BCUT2D eigenvalue weighted by molar-refractivity contribution is 0.0960. The summed E-state index contributed by atoms with van der Waals surface area (Å²) in [6.07, 6.45) is 1.84. The lowest BCUT2D eigenvalue weighted by Gasteiger charge is -2.15. The smallest absolute Gasteiger partial charge is 0.261 e. The summed E-state index contributed by atoms with van der Waals surface area (Å²) in [4.78, 5) is 13.5. The number of ether oxygens (including phenoxy) is 1. The van der Waals surface area contributed by atoms with Crippen LogP contribution in [-0.4, -0.2) is 51.1 Å². The second-order valence-electron chi connectivity index (χ2n) is 4.88. The van der Waals surface area contributed by atoms with Crippen LogP contribution >= 0.6 is 11.3 Å². The molecule has 1 saturated heterocycles. The van der Waals surface area contributed by atoms with E-state index in [9.17, 15) is 13.2 Å². The van der Waals surface area contributed by atoms with E-state index >= 15 is 0 Å². The molecule has 0 aromatic carbocycles. The van der Waals surface area contributed by atoms with Gasteiger partial charge in [-0.05, 0) is 25.0 Å². The van der Waals surface area contributed by atoms with E-state index in [1.807, 2.05) is 6.07 Å². The molecule has 1 aromatic rings. The van der Waals surface area contributed by atoms with Gasteiger partial charge in [0.1, 0.15) is 0 Å². The summed E-state index contributed by atoms with van der Waals surface area (Å²) >= 11 is 1.35. The van der Waals surface area contributed by atoms with Crippen LogP contribution in [-0.2, 0) is 21.4 Å². The summed E-state index contributed by atoms with van der Waals surface area (Å²) in [5.41, 5.74) is 0. The van der Waals surface area contributed by atoms with Crippen molar-refractivity contribution in [3.8, 4) is 0 Å². The number of nitrogens with one attached hydrogen (secondary N) is 1. The van der Waals surface area contributed by atoms with Crippen LogP contribution in [0.25, 0.3) is 0 Å². The molecule has 1 amide bonds. The highest BCUT2D eigenvalue weighted by molar-refractivity contribution is 7.89. The molecule has 0 aliphatic carbocycles. The van der Waals surface area contributed by atoms with Gasteiger partial charge in [0, 0.05) is 31.6 Å². The lowest BCUT2D eigenvalue weighted by atomic mass is 10.4. The van der Waals surface area contributed by atoms with Gasteiger partial charge in [0.05, 0.1) is 17.2 Å². The Balaban J connectivity index is 1.80. The van der Waals surface area contributed by atoms with Crippen molar-refractivity contribution in [1.82, 2.24) is 9.62 Å². The molecular weight excluding hydrogens is 312 g/mol. The summed E-state index contributed by atoms with van der Waals surface area (Å²) in [5.74, 6) is -0.284. The minimum Gasteiger partial charge on any atom is -0.379 e. The number of carbonyl (C=O) groups excluding carboxylic acids is 1. The highest BCUT2D eigenvalue weighted by Crippen LogP contribution is 2.17. The third-order valence-corrected chi connectivity index (χ3v) is 6.21. The predicted molar refractivity (Wildman–Crippen MR) is 82.0 cm³/mol. The first kappa shape index (κ1) is 16.4. The number of hydrogen-bond donors (Lipinski definition) is 1. The van der Waals surface area contributed by atoms with E-state index in [-0.39, 0.29) is 18.2 Å². The first-order chi connectivity index (χ1) is 10.0. The van der Waals surface area contributed by atoms with Crippen molar-refractivity contribution < 1.29 is 17.9 Å². The van der Waals surface area contributed by atoms with E-state index in [1.54, 1.807) is 13.2 Å². The highest BCUT2D eigenvalue weighted by Gasteiger charge is 2.24. The van der Waals surface area contributed by atoms with Crippen LogP contribution in [0, 0.1) is 0 Å². The highest BCUT2D eigenvalue weighted by atomic mass is 32.2. The van der Waals surface area contributed by atoms with Gasteiger partial charge in [-0.15, -0.1) is 11.3 Å². The molecule has 0 bridgehead atoms. The SMILES string of the molecule is COCc1ccc(C(=O)NCCS(=O)(=O)N2CCCC2)s1. The number of carbonyl (C=O) groups is 1. The van der Waals surface area contributed by atoms with E-state index in [0.29, 0.717) is 24.6 Å². The first-order valence-corrected chi connectivity index (χ1v) is 9.29. The van der Waals surface area contributed by atoms with E-state index in [2.05, 4.69) is 5.32 Å². The van der Waals surface area contributed by atoms with E-state index in [0.717, 1.165) is 17.7 Å². The Labute approximate surface area is 129 Å². The van der Waals surface area contributed by atoms with Gasteiger partial charge in [-0.3, -0.25) is 4.79 Å². The number of rotatable bonds is 7. The summed E-state index contributed by atoms with van der Waals surface area (Å²) < 4.78 is 30.5. The van der Waals surface area contributed by atoms with Crippen LogP contribution < -0.4 is 5.32 Å². The zero-order valence-electron chi connectivity index (χ0n) is 12.0. The summed E-state index contributed by atoms with van der Waals surface area (Å²) in [7, 11) is -1.64. The Kier molecular flexibility index (Phi) is 5.74. The first-order valence-electron chi connectivity index (χ1n) is 6.86. The lowest BCUT2D eigenvalue weighted by Crippen LogP contribution is -2.36. The molecule has 0 spiro atoms. The molecule has 1 fully saturated rings. The van der Waals surface area contributed by atoms with Crippen molar-refractivity contribution in [3.05, 3.63) is 21.9 Å². The molecular formula is C13H20N2O4S2. The fourth-order valence-corrected chi connectivity index (χ4v) is 4.52. The van der Waals surface area contributed by atoms with Gasteiger partial charge in [-0.25, -0.2) is 12.7 Å². The monoisotopic (exact) mass is 332 g/mol. The zero-order valence-corrected chi connectivity index (χ0v) is 13.6. The molecule has 0 saturated carbocycles. The van der Waals surface area contributed by atoms with Crippen LogP contribution in [0.3, 0.4) is 0 Å². The fraction of sp³-hybridized carbons (Fsp3) is 0.615. The molecule has 21 heavy (non-hydrogen) atoms. The van der Waals surface area contributed by atoms with Gasteiger partial charge in [-0.2, -0.15) is 0 Å². The Bertz CT molecular complexity index is 577. The van der Waals surface area contributed by atoms with E-state index < -0.39 is 10.0 Å². The summed E-state index contributed by atoms with van der Waals surface area (Å²) in [5, 5.41) is 2.66. The number of amides is 1. The minimum absolute atomic E-state index is 0.0466. The normalized spacial score (nSPS) is 16.2. The van der Waals surface area contributed by atoms with Gasteiger partial charge in [0.2, 0.25) is 10.0 Å². The Hall–Kier alpha value is -0.960. The zero-order chi connectivity index (χ0) is 15.3. The fourth-order valence-electron chi connectivity index (χ4n) is 2.20. The molecule has 1 N–H and O–H groups in total. The van der Waals surface area contributed by atoms with Gasteiger partial charge >= 0.3 is 0 Å². The van der Waals surface area contributed by atoms with Crippen LogP contribution in [0.5, 0.6) is 0 Å². The molecule has 1 aliphatic heterocycles. The van der Waals surface area contributed by atoms with Crippen LogP contribution in [0.1, 0.15) is 27.4 Å². The quantitative estimate of drug-likeness (QED) is 0.810. The molecule has 0 atom stereocenters. The molecule has 2 heterocycles. The molecule has 118 valence electrons. The number of methoxy groups -OCH3 is 1. The number of hydrogen-bond acceptors (Lipinski definition) is 5. The summed E-state index contributed by atoms with van der Waals surface area (Å²) in [6.45, 7) is 1.81. The van der Waals surface area contributed by atoms with Gasteiger partial charge in [0.15, 0.2) is 0 Å². The van der Waals surface area contributed by atoms with Crippen LogP contribution in [0.4, 0.5) is 0 Å². The topological polar surface area (TPSA) is 75.7 Å². The average Bonchev–Trinajstić information content (AvgIpc) is 3.10. The van der Waals surface area contributed by atoms with Crippen molar-refractivity contribution in [3.63, 3.8) is 0 Å². The minimum atomic E-state index is -3.24. The number of nitrogens with zero attached hydrogens (tertiary/aromatic N) is 1. The maximum absolute atomic E-state index is 12.0. The maximum Gasteiger partial charge on any atom is 0.261 e. The third kappa shape index (κ3) is 4.50. The standard InChI is InChI=1S/C13H20N2O4S2/c1-19-10-11-4-5-12(20-11)13(16)14-6-9-21(17,18)15-7-2-3-8-15/h4-5H,2-3,6-10H2,1H3,(H,14,16). The second kappa shape index (κ2) is 7.35. The van der Waals surface area contributed by atoms with Gasteiger partial charge < -0.3 is 10.1 Å². The summed E-state index contributed by atoms with van der Waals surface area (Å²) in [6, 6.07) is 3.56. The van der Waals surface area contributed by atoms with Crippen molar-refractivity contribution >= 4 is 27.3 Å². The molecule has 8 heteroatoms. The Morgan fingerprint density at radius 1 is 1.38 bits per heavy atom. The molecule has 1 aromatic heterocycles. The third-order valence-electron chi connectivity index (χ3n) is 3.28. The molecule has 0 radical (unpaired) electrons. The van der Waals surface area contributed by atoms with E-state index in [1.165, 1.54) is 15.6 Å². The van der Waals surface area contributed by atoms with E-state index in [4.69, 9.17) is 4.74 Å². The van der Waals surface area contributed by atoms with Crippen LogP contribution in [0.15, 0.2) is 12.1 Å². The second-order valence-corrected chi connectivity index (χ2v) is 8.13. The Morgan fingerprint density at radius 3 is 2.76 bits per heavy atom. The van der Waals surface area contributed by atoms with Gasteiger partial charge in [0.25, 0.3) is 5.91 Å². The predicted octanol–water partition coefficient (Wildman–Crippen LogP) is 1.05. The van der Waals surface area contributed by atoms with Crippen molar-refractivity contribution in [1.29, 1.82) is 0 Å². The molecule has 2 rings (SSSR count). The number of thiophene rings is 1. The Morgan fingerprint density at radius 2 is 2.10 bits per heavy atom. The van der Waals surface area contributed by atoms with Crippen molar-refractivity contribution in [2.45, 2.75) is 19.4 Å².